The Hall–Kier alpha value is -0.490. The number of ether oxygens (including phenoxy) is 1. The number of fused-ring (bicyclic) bond motifs is 1. The maximum absolute atomic E-state index is 5.22. The summed E-state index contributed by atoms with van der Waals surface area (Å²) in [5.74, 6) is 0. The molecule has 5 heteroatoms. The third-order valence-electron chi connectivity index (χ3n) is 4.71. The average molecular weight is 295 g/mol. The Morgan fingerprint density at radius 2 is 2.45 bits per heavy atom. The summed E-state index contributed by atoms with van der Waals surface area (Å²) >= 11 is 1.81. The van der Waals surface area contributed by atoms with Gasteiger partial charge in [-0.25, -0.2) is 4.98 Å². The second-order valence-corrected chi connectivity index (χ2v) is 6.94. The van der Waals surface area contributed by atoms with E-state index in [0.29, 0.717) is 0 Å². The number of piperidine rings is 1. The predicted molar refractivity (Wildman–Crippen MR) is 82.2 cm³/mol. The first-order valence-electron chi connectivity index (χ1n) is 7.64. The van der Waals surface area contributed by atoms with Crippen LogP contribution in [0.25, 0.3) is 0 Å². The molecule has 1 aromatic heterocycles. The molecule has 2 saturated heterocycles. The summed E-state index contributed by atoms with van der Waals surface area (Å²) in [6.45, 7) is 6.24. The maximum Gasteiger partial charge on any atom is 0.113 e. The van der Waals surface area contributed by atoms with Gasteiger partial charge in [0.1, 0.15) is 5.01 Å². The minimum atomic E-state index is 0.0724. The van der Waals surface area contributed by atoms with Crippen LogP contribution in [0.5, 0.6) is 0 Å². The summed E-state index contributed by atoms with van der Waals surface area (Å²) in [5, 5.41) is 7.23. The van der Waals surface area contributed by atoms with Gasteiger partial charge in [0.15, 0.2) is 0 Å². The van der Waals surface area contributed by atoms with Crippen molar-refractivity contribution in [1.82, 2.24) is 15.2 Å². The molecular formula is C15H25N3OS. The molecular weight excluding hydrogens is 270 g/mol. The Morgan fingerprint density at radius 1 is 1.55 bits per heavy atom. The minimum Gasteiger partial charge on any atom is -0.383 e. The fourth-order valence-electron chi connectivity index (χ4n) is 3.66. The highest BCUT2D eigenvalue weighted by atomic mass is 32.1. The standard InChI is InChI=1S/C15H25N3OS/c1-12-11-20-14(17-12)15(16-6-9-19-2)5-8-18-7-3-4-13(18)10-15/h11,13,16H,3-10H2,1-2H3. The molecule has 1 N–H and O–H groups in total. The maximum atomic E-state index is 5.22. The summed E-state index contributed by atoms with van der Waals surface area (Å²) < 4.78 is 5.22. The van der Waals surface area contributed by atoms with Gasteiger partial charge in [0.25, 0.3) is 0 Å². The van der Waals surface area contributed by atoms with Gasteiger partial charge in [0.05, 0.1) is 12.1 Å². The summed E-state index contributed by atoms with van der Waals surface area (Å²) in [7, 11) is 1.77. The molecule has 2 aliphatic heterocycles. The second kappa shape index (κ2) is 6.10. The first-order valence-corrected chi connectivity index (χ1v) is 8.52. The van der Waals surface area contributed by atoms with E-state index in [2.05, 4.69) is 22.5 Å². The number of nitrogens with zero attached hydrogens (tertiary/aromatic N) is 2. The SMILES string of the molecule is COCCNC1(c2nc(C)cs2)CCN2CCCC2C1. The topological polar surface area (TPSA) is 37.4 Å². The lowest BCUT2D eigenvalue weighted by atomic mass is 9.83. The Kier molecular flexibility index (Phi) is 4.40. The quantitative estimate of drug-likeness (QED) is 0.845. The van der Waals surface area contributed by atoms with Crippen molar-refractivity contribution in [2.24, 2.45) is 0 Å². The lowest BCUT2D eigenvalue weighted by Gasteiger charge is -2.43. The molecule has 0 aromatic carbocycles. The van der Waals surface area contributed by atoms with Gasteiger partial charge in [-0.05, 0) is 39.2 Å². The van der Waals surface area contributed by atoms with Crippen molar-refractivity contribution < 1.29 is 4.74 Å². The Bertz CT molecular complexity index is 450. The van der Waals surface area contributed by atoms with Crippen LogP contribution in [-0.4, -0.2) is 49.3 Å². The van der Waals surface area contributed by atoms with Gasteiger partial charge in [-0.2, -0.15) is 0 Å². The molecule has 112 valence electrons. The van der Waals surface area contributed by atoms with E-state index < -0.39 is 0 Å². The number of aromatic nitrogens is 1. The van der Waals surface area contributed by atoms with Crippen LogP contribution >= 0.6 is 11.3 Å². The van der Waals surface area contributed by atoms with Crippen LogP contribution < -0.4 is 5.32 Å². The zero-order chi connectivity index (χ0) is 14.0. The summed E-state index contributed by atoms with van der Waals surface area (Å²) in [4.78, 5) is 7.46. The fourth-order valence-corrected chi connectivity index (χ4v) is 4.67. The Labute approximate surface area is 125 Å². The molecule has 3 rings (SSSR count). The third kappa shape index (κ3) is 2.77. The summed E-state index contributed by atoms with van der Waals surface area (Å²) in [6.07, 6.45) is 5.07. The highest BCUT2D eigenvalue weighted by Gasteiger charge is 2.43. The first kappa shape index (κ1) is 14.4. The molecule has 2 aliphatic rings. The van der Waals surface area contributed by atoms with E-state index in [-0.39, 0.29) is 5.54 Å². The smallest absolute Gasteiger partial charge is 0.113 e. The highest BCUT2D eigenvalue weighted by Crippen LogP contribution is 2.40. The lowest BCUT2D eigenvalue weighted by molar-refractivity contribution is 0.0955. The average Bonchev–Trinajstić information content (AvgIpc) is 3.07. The monoisotopic (exact) mass is 295 g/mol. The number of hydrogen-bond acceptors (Lipinski definition) is 5. The molecule has 1 aromatic rings. The van der Waals surface area contributed by atoms with Crippen molar-refractivity contribution >= 4 is 11.3 Å². The van der Waals surface area contributed by atoms with Gasteiger partial charge < -0.3 is 15.0 Å². The van der Waals surface area contributed by atoms with Gasteiger partial charge in [0.2, 0.25) is 0 Å². The molecule has 20 heavy (non-hydrogen) atoms. The Balaban J connectivity index is 1.80. The molecule has 2 atom stereocenters. The van der Waals surface area contributed by atoms with Crippen LogP contribution in [0.15, 0.2) is 5.38 Å². The number of rotatable bonds is 5. The van der Waals surface area contributed by atoms with Crippen molar-refractivity contribution in [2.45, 2.75) is 44.2 Å². The predicted octanol–water partition coefficient (Wildman–Crippen LogP) is 2.14. The molecule has 0 saturated carbocycles. The molecule has 4 nitrogen and oxygen atoms in total. The lowest BCUT2D eigenvalue weighted by Crippen LogP contribution is -2.54. The van der Waals surface area contributed by atoms with Crippen LogP contribution in [0.4, 0.5) is 0 Å². The fraction of sp³-hybridized carbons (Fsp3) is 0.800. The number of aryl methyl sites for hydroxylation is 1. The molecule has 0 spiro atoms. The minimum absolute atomic E-state index is 0.0724. The van der Waals surface area contributed by atoms with Crippen molar-refractivity contribution in [2.75, 3.05) is 33.4 Å². The van der Waals surface area contributed by atoms with Crippen molar-refractivity contribution in [3.05, 3.63) is 16.1 Å². The summed E-state index contributed by atoms with van der Waals surface area (Å²) in [5.41, 5.74) is 1.22. The van der Waals surface area contributed by atoms with E-state index in [1.807, 2.05) is 11.3 Å². The molecule has 0 aliphatic carbocycles. The van der Waals surface area contributed by atoms with Gasteiger partial charge in [-0.1, -0.05) is 0 Å². The van der Waals surface area contributed by atoms with E-state index in [1.165, 1.54) is 43.8 Å². The van der Waals surface area contributed by atoms with E-state index in [1.54, 1.807) is 7.11 Å². The molecule has 0 amide bonds. The zero-order valence-corrected chi connectivity index (χ0v) is 13.3. The largest absolute Gasteiger partial charge is 0.383 e. The molecule has 2 unspecified atom stereocenters. The normalized spacial score (nSPS) is 30.6. The van der Waals surface area contributed by atoms with Crippen LogP contribution in [0.3, 0.4) is 0 Å². The van der Waals surface area contributed by atoms with Gasteiger partial charge in [-0.15, -0.1) is 11.3 Å². The number of methoxy groups -OCH3 is 1. The molecule has 0 bridgehead atoms. The molecule has 3 heterocycles. The zero-order valence-electron chi connectivity index (χ0n) is 12.5. The molecule has 0 radical (unpaired) electrons. The van der Waals surface area contributed by atoms with Crippen LogP contribution in [0.2, 0.25) is 0 Å². The summed E-state index contributed by atoms with van der Waals surface area (Å²) in [6, 6.07) is 0.739. The van der Waals surface area contributed by atoms with E-state index in [4.69, 9.17) is 9.72 Å². The van der Waals surface area contributed by atoms with Gasteiger partial charge in [-0.3, -0.25) is 0 Å². The van der Waals surface area contributed by atoms with Gasteiger partial charge in [0, 0.05) is 37.3 Å². The van der Waals surface area contributed by atoms with Crippen molar-refractivity contribution in [3.8, 4) is 0 Å². The Morgan fingerprint density at radius 3 is 3.20 bits per heavy atom. The van der Waals surface area contributed by atoms with Crippen LogP contribution in [-0.2, 0) is 10.3 Å². The van der Waals surface area contributed by atoms with E-state index in [0.717, 1.165) is 24.9 Å². The van der Waals surface area contributed by atoms with E-state index >= 15 is 0 Å². The second-order valence-electron chi connectivity index (χ2n) is 6.08. The van der Waals surface area contributed by atoms with Crippen LogP contribution in [0, 0.1) is 6.92 Å². The number of thiazole rings is 1. The van der Waals surface area contributed by atoms with Crippen LogP contribution in [0.1, 0.15) is 36.4 Å². The van der Waals surface area contributed by atoms with Crippen molar-refractivity contribution in [3.63, 3.8) is 0 Å². The van der Waals surface area contributed by atoms with Crippen molar-refractivity contribution in [1.29, 1.82) is 0 Å². The van der Waals surface area contributed by atoms with E-state index in [9.17, 15) is 0 Å². The molecule has 2 fully saturated rings. The number of nitrogens with one attached hydrogen (secondary N) is 1. The third-order valence-corrected chi connectivity index (χ3v) is 5.87. The number of hydrogen-bond donors (Lipinski definition) is 1. The highest BCUT2D eigenvalue weighted by molar-refractivity contribution is 7.09. The van der Waals surface area contributed by atoms with Gasteiger partial charge >= 0.3 is 0 Å². The first-order chi connectivity index (χ1) is 9.73.